The van der Waals surface area contributed by atoms with Crippen LogP contribution in [-0.4, -0.2) is 47.2 Å². The van der Waals surface area contributed by atoms with E-state index in [2.05, 4.69) is 15.7 Å². The molecule has 1 aromatic carbocycles. The fraction of sp³-hybridized carbons (Fsp3) is 0.583. The molecule has 1 aliphatic rings. The van der Waals surface area contributed by atoms with Crippen LogP contribution < -0.4 is 21.1 Å². The van der Waals surface area contributed by atoms with Crippen molar-refractivity contribution >= 4 is 28.6 Å². The third-order valence-electron chi connectivity index (χ3n) is 6.17. The first-order chi connectivity index (χ1) is 15.6. The smallest absolute Gasteiger partial charge is 0.273 e. The van der Waals surface area contributed by atoms with Gasteiger partial charge in [0.1, 0.15) is 11.8 Å². The lowest BCUT2D eigenvalue weighted by Gasteiger charge is -2.30. The number of rotatable bonds is 8. The number of nitrogens with two attached hydrogens (primary N) is 1. The highest BCUT2D eigenvalue weighted by Crippen LogP contribution is 2.29. The first-order valence-electron chi connectivity index (χ1n) is 11.5. The Kier molecular flexibility index (Phi) is 7.61. The van der Waals surface area contributed by atoms with E-state index < -0.39 is 29.2 Å². The van der Waals surface area contributed by atoms with Crippen LogP contribution in [0.5, 0.6) is 5.75 Å². The second-order valence-electron chi connectivity index (χ2n) is 9.87. The van der Waals surface area contributed by atoms with Crippen molar-refractivity contribution in [2.75, 3.05) is 13.7 Å². The average Bonchev–Trinajstić information content (AvgIpc) is 3.13. The maximum atomic E-state index is 13.4. The predicted molar refractivity (Wildman–Crippen MR) is 126 cm³/mol. The number of hydrogen-bond donors (Lipinski definition) is 3. The largest absolute Gasteiger partial charge is 0.497 e. The monoisotopic (exact) mass is 457 g/mol. The maximum Gasteiger partial charge on any atom is 0.273 e. The Morgan fingerprint density at radius 1 is 1.21 bits per heavy atom. The van der Waals surface area contributed by atoms with Crippen molar-refractivity contribution < 1.29 is 19.1 Å². The topological polar surface area (TPSA) is 128 Å². The number of hydrogen-bond acceptors (Lipinski definition) is 5. The molecular weight excluding hydrogens is 422 g/mol. The second kappa shape index (κ2) is 10.2. The minimum absolute atomic E-state index is 0.247. The standard InChI is InChI=1S/C24H35N5O4/c1-24(2,3)21(23(32)26-13-19(25)30)27-22(31)20-17-12-16(33-4)10-11-18(17)29(28-20)14-15-8-6-5-7-9-15/h10-12,15,21H,5-9,13-14H2,1-4H3,(H2,25,30)(H,26,32)(H,27,31). The van der Waals surface area contributed by atoms with E-state index in [9.17, 15) is 14.4 Å². The number of ether oxygens (including phenoxy) is 1. The van der Waals surface area contributed by atoms with Crippen molar-refractivity contribution in [2.24, 2.45) is 17.1 Å². The van der Waals surface area contributed by atoms with Gasteiger partial charge in [-0.15, -0.1) is 0 Å². The molecule has 1 heterocycles. The fourth-order valence-electron chi connectivity index (χ4n) is 4.36. The molecule has 0 radical (unpaired) electrons. The van der Waals surface area contributed by atoms with E-state index in [1.165, 1.54) is 19.3 Å². The van der Waals surface area contributed by atoms with Gasteiger partial charge in [0.2, 0.25) is 11.8 Å². The van der Waals surface area contributed by atoms with Crippen LogP contribution in [-0.2, 0) is 16.1 Å². The Labute approximate surface area is 194 Å². The van der Waals surface area contributed by atoms with Gasteiger partial charge in [-0.3, -0.25) is 19.1 Å². The van der Waals surface area contributed by atoms with Gasteiger partial charge in [0.15, 0.2) is 5.69 Å². The van der Waals surface area contributed by atoms with E-state index in [0.717, 1.165) is 24.9 Å². The van der Waals surface area contributed by atoms with Crippen LogP contribution >= 0.6 is 0 Å². The zero-order chi connectivity index (χ0) is 24.2. The summed E-state index contributed by atoms with van der Waals surface area (Å²) in [6.45, 7) is 5.97. The average molecular weight is 458 g/mol. The highest BCUT2D eigenvalue weighted by atomic mass is 16.5. The normalized spacial score (nSPS) is 15.8. The third-order valence-corrected chi connectivity index (χ3v) is 6.17. The lowest BCUT2D eigenvalue weighted by molar-refractivity contribution is -0.128. The first kappa shape index (κ1) is 24.5. The molecule has 3 rings (SSSR count). The van der Waals surface area contributed by atoms with Crippen molar-refractivity contribution in [3.05, 3.63) is 23.9 Å². The number of nitrogens with one attached hydrogen (secondary N) is 2. The molecule has 9 heteroatoms. The summed E-state index contributed by atoms with van der Waals surface area (Å²) in [6.07, 6.45) is 6.03. The number of methoxy groups -OCH3 is 1. The Bertz CT molecular complexity index is 1020. The van der Waals surface area contributed by atoms with E-state index in [-0.39, 0.29) is 12.2 Å². The van der Waals surface area contributed by atoms with Crippen molar-refractivity contribution in [2.45, 2.75) is 65.5 Å². The lowest BCUT2D eigenvalue weighted by Crippen LogP contribution is -2.54. The molecule has 0 spiro atoms. The molecule has 1 aliphatic carbocycles. The van der Waals surface area contributed by atoms with Crippen molar-refractivity contribution in [1.29, 1.82) is 0 Å². The van der Waals surface area contributed by atoms with Crippen LogP contribution in [0.2, 0.25) is 0 Å². The Hall–Kier alpha value is -3.10. The van der Waals surface area contributed by atoms with Gasteiger partial charge in [0.25, 0.3) is 5.91 Å². The number of fused-ring (bicyclic) bond motifs is 1. The molecule has 3 amide bonds. The van der Waals surface area contributed by atoms with Crippen molar-refractivity contribution in [3.63, 3.8) is 0 Å². The number of carbonyl (C=O) groups is 3. The van der Waals surface area contributed by atoms with Crippen LogP contribution in [0.25, 0.3) is 10.9 Å². The molecule has 0 saturated heterocycles. The number of amides is 3. The number of carbonyl (C=O) groups excluding carboxylic acids is 3. The number of benzene rings is 1. The summed E-state index contributed by atoms with van der Waals surface area (Å²) in [4.78, 5) is 37.2. The van der Waals surface area contributed by atoms with Crippen LogP contribution in [0, 0.1) is 11.3 Å². The molecule has 4 N–H and O–H groups in total. The molecule has 1 fully saturated rings. The van der Waals surface area contributed by atoms with Gasteiger partial charge in [-0.1, -0.05) is 40.0 Å². The third kappa shape index (κ3) is 6.03. The molecular formula is C24H35N5O4. The molecule has 1 atom stereocenters. The van der Waals surface area contributed by atoms with Crippen LogP contribution in [0.15, 0.2) is 18.2 Å². The number of aromatic nitrogens is 2. The van der Waals surface area contributed by atoms with E-state index >= 15 is 0 Å². The van der Waals surface area contributed by atoms with Gasteiger partial charge in [-0.2, -0.15) is 5.10 Å². The molecule has 1 saturated carbocycles. The number of primary amides is 1. The summed E-state index contributed by atoms with van der Waals surface area (Å²) in [5, 5.41) is 10.7. The summed E-state index contributed by atoms with van der Waals surface area (Å²) < 4.78 is 7.27. The van der Waals surface area contributed by atoms with E-state index in [1.807, 2.05) is 37.6 Å². The van der Waals surface area contributed by atoms with E-state index in [1.54, 1.807) is 13.2 Å². The van der Waals surface area contributed by atoms with Crippen LogP contribution in [0.3, 0.4) is 0 Å². The summed E-state index contributed by atoms with van der Waals surface area (Å²) in [6, 6.07) is 4.70. The van der Waals surface area contributed by atoms with Gasteiger partial charge in [0, 0.05) is 11.9 Å². The van der Waals surface area contributed by atoms with Gasteiger partial charge < -0.3 is 21.1 Å². The maximum absolute atomic E-state index is 13.4. The number of nitrogens with zero attached hydrogens (tertiary/aromatic N) is 2. The summed E-state index contributed by atoms with van der Waals surface area (Å²) in [5.74, 6) is -0.424. The molecule has 2 aromatic rings. The summed E-state index contributed by atoms with van der Waals surface area (Å²) >= 11 is 0. The quantitative estimate of drug-likeness (QED) is 0.561. The summed E-state index contributed by atoms with van der Waals surface area (Å²) in [7, 11) is 1.58. The first-order valence-corrected chi connectivity index (χ1v) is 11.5. The Morgan fingerprint density at radius 2 is 1.91 bits per heavy atom. The zero-order valence-electron chi connectivity index (χ0n) is 19.9. The molecule has 1 unspecified atom stereocenters. The van der Waals surface area contributed by atoms with Crippen molar-refractivity contribution in [3.8, 4) is 5.75 Å². The summed E-state index contributed by atoms with van der Waals surface area (Å²) in [5.41, 5.74) is 5.65. The fourth-order valence-corrected chi connectivity index (χ4v) is 4.36. The molecule has 0 bridgehead atoms. The molecule has 1 aromatic heterocycles. The zero-order valence-corrected chi connectivity index (χ0v) is 19.9. The van der Waals surface area contributed by atoms with Gasteiger partial charge in [-0.05, 0) is 42.4 Å². The Morgan fingerprint density at radius 3 is 2.52 bits per heavy atom. The van der Waals surface area contributed by atoms with Gasteiger partial charge in [0.05, 0.1) is 19.2 Å². The highest BCUT2D eigenvalue weighted by Gasteiger charge is 2.34. The minimum atomic E-state index is -0.881. The second-order valence-corrected chi connectivity index (χ2v) is 9.87. The van der Waals surface area contributed by atoms with Gasteiger partial charge >= 0.3 is 0 Å². The molecule has 33 heavy (non-hydrogen) atoms. The van der Waals surface area contributed by atoms with Crippen molar-refractivity contribution in [1.82, 2.24) is 20.4 Å². The lowest BCUT2D eigenvalue weighted by atomic mass is 9.86. The van der Waals surface area contributed by atoms with E-state index in [0.29, 0.717) is 17.1 Å². The molecule has 9 nitrogen and oxygen atoms in total. The highest BCUT2D eigenvalue weighted by molar-refractivity contribution is 6.06. The SMILES string of the molecule is COc1ccc2c(c1)c(C(=O)NC(C(=O)NCC(N)=O)C(C)(C)C)nn2CC1CCCCC1. The van der Waals surface area contributed by atoms with Gasteiger partial charge in [-0.25, -0.2) is 0 Å². The Balaban J connectivity index is 1.92. The van der Waals surface area contributed by atoms with Crippen LogP contribution in [0.1, 0.15) is 63.4 Å². The molecule has 180 valence electrons. The van der Waals surface area contributed by atoms with E-state index in [4.69, 9.17) is 10.5 Å². The molecule has 0 aliphatic heterocycles. The minimum Gasteiger partial charge on any atom is -0.497 e. The van der Waals surface area contributed by atoms with Crippen LogP contribution in [0.4, 0.5) is 0 Å². The predicted octanol–water partition coefficient (Wildman–Crippen LogP) is 2.37.